The molecule has 3 atom stereocenters. The Hall–Kier alpha value is -2.88. The number of rotatable bonds is 6. The van der Waals surface area contributed by atoms with E-state index in [9.17, 15) is 9.90 Å². The predicted octanol–water partition coefficient (Wildman–Crippen LogP) is 4.64. The molecule has 0 saturated heterocycles. The molecule has 184 valence electrons. The molecule has 0 aromatic carbocycles. The number of nitrogens with zero attached hydrogens (tertiary/aromatic N) is 5. The van der Waals surface area contributed by atoms with Crippen molar-refractivity contribution in [2.75, 3.05) is 6.38 Å². The summed E-state index contributed by atoms with van der Waals surface area (Å²) in [5, 5.41) is 15.6. The van der Waals surface area contributed by atoms with E-state index < -0.39 is 6.10 Å². The lowest BCUT2D eigenvalue weighted by Crippen LogP contribution is -2.39. The number of imidazole rings is 1. The van der Waals surface area contributed by atoms with Crippen molar-refractivity contribution in [1.82, 2.24) is 29.8 Å². The number of thiazole rings is 1. The van der Waals surface area contributed by atoms with Crippen LogP contribution in [0.3, 0.4) is 0 Å². The van der Waals surface area contributed by atoms with E-state index in [-0.39, 0.29) is 18.0 Å². The molecule has 4 heterocycles. The average Bonchev–Trinajstić information content (AvgIpc) is 3.53. The third-order valence-corrected chi connectivity index (χ3v) is 6.80. The van der Waals surface area contributed by atoms with Crippen LogP contribution < -0.4 is 5.32 Å². The molecule has 1 aliphatic rings. The Kier molecular flexibility index (Phi) is 8.43. The number of nitrogens with one attached hydrogen (secondary N) is 1. The Morgan fingerprint density at radius 3 is 2.80 bits per heavy atom. The number of fused-ring (bicyclic) bond motifs is 1. The third-order valence-electron chi connectivity index (χ3n) is 6.03. The average molecular weight is 513 g/mol. The molecular weight excluding hydrogens is 484 g/mol. The number of amides is 1. The zero-order chi connectivity index (χ0) is 24.8. The second-order valence-electron chi connectivity index (χ2n) is 8.55. The van der Waals surface area contributed by atoms with Gasteiger partial charge in [-0.25, -0.2) is 9.97 Å². The van der Waals surface area contributed by atoms with Crippen LogP contribution in [0.5, 0.6) is 0 Å². The number of hydrogen-bond donors (Lipinski definition) is 2. The van der Waals surface area contributed by atoms with Gasteiger partial charge in [-0.3, -0.25) is 14.8 Å². The van der Waals surface area contributed by atoms with Crippen LogP contribution >= 0.6 is 22.9 Å². The number of alkyl halides is 1. The summed E-state index contributed by atoms with van der Waals surface area (Å²) in [5.74, 6) is 0.730. The van der Waals surface area contributed by atoms with Crippen LogP contribution in [0.15, 0.2) is 48.2 Å². The Balaban J connectivity index is 0.00000141. The fraction of sp³-hybridized carbons (Fsp3) is 0.400. The lowest BCUT2D eigenvalue weighted by molar-refractivity contribution is 0.0920. The van der Waals surface area contributed by atoms with Crippen LogP contribution in [0.2, 0.25) is 0 Å². The van der Waals surface area contributed by atoms with Crippen molar-refractivity contribution in [2.45, 2.75) is 57.2 Å². The molecule has 0 spiro atoms. The number of aromatic nitrogens is 5. The first-order valence-corrected chi connectivity index (χ1v) is 13.3. The van der Waals surface area contributed by atoms with Gasteiger partial charge < -0.3 is 15.0 Å². The van der Waals surface area contributed by atoms with Crippen molar-refractivity contribution in [1.29, 1.82) is 0 Å². The minimum absolute atomic E-state index is 0.0640. The van der Waals surface area contributed by atoms with Gasteiger partial charge in [-0.15, -0.1) is 22.9 Å². The molecule has 0 radical (unpaired) electrons. The summed E-state index contributed by atoms with van der Waals surface area (Å²) < 4.78 is 2.25. The van der Waals surface area contributed by atoms with Gasteiger partial charge in [0.15, 0.2) is 5.01 Å². The molecule has 1 fully saturated rings. The molecule has 2 N–H and O–H groups in total. The fourth-order valence-corrected chi connectivity index (χ4v) is 5.17. The zero-order valence-corrected chi connectivity index (χ0v) is 21.3. The van der Waals surface area contributed by atoms with Crippen molar-refractivity contribution in [3.8, 4) is 11.4 Å². The van der Waals surface area contributed by atoms with Gasteiger partial charge in [0.2, 0.25) is 0 Å². The van der Waals surface area contributed by atoms with Crippen molar-refractivity contribution >= 4 is 39.9 Å². The lowest BCUT2D eigenvalue weighted by atomic mass is 9.90. The van der Waals surface area contributed by atoms with E-state index >= 15 is 0 Å². The van der Waals surface area contributed by atoms with Crippen molar-refractivity contribution in [2.24, 2.45) is 0 Å². The van der Waals surface area contributed by atoms with E-state index in [4.69, 9.17) is 4.98 Å². The topological polar surface area (TPSA) is 106 Å². The molecule has 10 heteroatoms. The smallest absolute Gasteiger partial charge is 0.280 e. The maximum atomic E-state index is 12.6. The Morgan fingerprint density at radius 2 is 2.09 bits per heavy atom. The minimum Gasteiger partial charge on any atom is -0.393 e. The number of carbonyl (C=O) groups excluding carboxylic acids is 1. The number of halogens is 1. The largest absolute Gasteiger partial charge is 0.393 e. The molecule has 1 amide bonds. The molecule has 4 aromatic rings. The highest BCUT2D eigenvalue weighted by atomic mass is 35.5. The van der Waals surface area contributed by atoms with Crippen LogP contribution in [0.4, 0.5) is 0 Å². The molecule has 0 bridgehead atoms. The summed E-state index contributed by atoms with van der Waals surface area (Å²) in [7, 11) is 0. The Bertz CT molecular complexity index is 1250. The van der Waals surface area contributed by atoms with E-state index in [0.29, 0.717) is 11.4 Å². The van der Waals surface area contributed by atoms with Crippen molar-refractivity contribution in [3.05, 3.63) is 59.1 Å². The van der Waals surface area contributed by atoms with Gasteiger partial charge in [-0.2, -0.15) is 0 Å². The van der Waals surface area contributed by atoms with Crippen molar-refractivity contribution in [3.63, 3.8) is 0 Å². The molecule has 4 aromatic heterocycles. The third kappa shape index (κ3) is 5.86. The fourth-order valence-electron chi connectivity index (χ4n) is 4.63. The van der Waals surface area contributed by atoms with Crippen LogP contribution in [0.1, 0.15) is 54.3 Å². The number of carbonyl (C=O) groups is 1. The quantitative estimate of drug-likeness (QED) is 0.364. The van der Waals surface area contributed by atoms with Gasteiger partial charge in [-0.1, -0.05) is 6.07 Å². The normalized spacial score (nSPS) is 18.5. The highest BCUT2D eigenvalue weighted by Gasteiger charge is 2.28. The molecule has 0 aliphatic heterocycles. The standard InChI is InChI=1S/C24H26N6O2S.CH3Cl/c1-15(31)11-22-29-20-14-27-19(18-7-2-3-8-25-18)13-21(20)30(22)17-6-4-5-16(12-17)28-23(32)24-26-9-10-33-24;1-2/h2-3,7-10,13-17,31H,4-6,11-12H2,1H3,(H,28,32);1H3. The summed E-state index contributed by atoms with van der Waals surface area (Å²) in [6.45, 7) is 1.78. The minimum atomic E-state index is -0.507. The van der Waals surface area contributed by atoms with Gasteiger partial charge in [0.25, 0.3) is 5.91 Å². The zero-order valence-electron chi connectivity index (χ0n) is 19.8. The van der Waals surface area contributed by atoms with E-state index in [1.165, 1.54) is 17.7 Å². The van der Waals surface area contributed by atoms with E-state index in [0.717, 1.165) is 53.9 Å². The van der Waals surface area contributed by atoms with Crippen molar-refractivity contribution < 1.29 is 9.90 Å². The highest BCUT2D eigenvalue weighted by molar-refractivity contribution is 7.11. The van der Waals surface area contributed by atoms with Gasteiger partial charge in [-0.05, 0) is 50.8 Å². The Morgan fingerprint density at radius 1 is 1.23 bits per heavy atom. The maximum absolute atomic E-state index is 12.6. The molecule has 3 unspecified atom stereocenters. The summed E-state index contributed by atoms with van der Waals surface area (Å²) >= 11 is 5.99. The molecule has 5 rings (SSSR count). The summed E-state index contributed by atoms with van der Waals surface area (Å²) in [4.78, 5) is 30.5. The first-order chi connectivity index (χ1) is 17.1. The molecule has 1 aliphatic carbocycles. The van der Waals surface area contributed by atoms with Crippen LogP contribution in [0, 0.1) is 0 Å². The summed E-state index contributed by atoms with van der Waals surface area (Å²) in [6.07, 6.45) is 10.3. The highest BCUT2D eigenvalue weighted by Crippen LogP contribution is 2.34. The molecule has 35 heavy (non-hydrogen) atoms. The summed E-state index contributed by atoms with van der Waals surface area (Å²) in [5.41, 5.74) is 3.39. The van der Waals surface area contributed by atoms with Crippen LogP contribution in [-0.4, -0.2) is 54.0 Å². The van der Waals surface area contributed by atoms with E-state index in [1.54, 1.807) is 25.5 Å². The number of aliphatic hydroxyl groups is 1. The van der Waals surface area contributed by atoms with Crippen LogP contribution in [0.25, 0.3) is 22.4 Å². The first kappa shape index (κ1) is 25.2. The Labute approximate surface area is 213 Å². The molecule has 1 saturated carbocycles. The van der Waals surface area contributed by atoms with E-state index in [1.807, 2.05) is 29.6 Å². The second kappa shape index (κ2) is 11.7. The monoisotopic (exact) mass is 512 g/mol. The second-order valence-corrected chi connectivity index (χ2v) is 9.45. The van der Waals surface area contributed by atoms with E-state index in [2.05, 4.69) is 36.4 Å². The number of pyridine rings is 2. The SMILES string of the molecule is CC(O)Cc1nc2cnc(-c3ccccn3)cc2n1C1CCCC(NC(=O)c2nccs2)C1.CCl. The number of hydrogen-bond acceptors (Lipinski definition) is 7. The van der Waals surface area contributed by atoms with Gasteiger partial charge in [0.05, 0.1) is 29.2 Å². The molecule has 8 nitrogen and oxygen atoms in total. The molecular formula is C25H29ClN6O2S. The lowest BCUT2D eigenvalue weighted by Gasteiger charge is -2.32. The van der Waals surface area contributed by atoms with Gasteiger partial charge in [0, 0.05) is 42.7 Å². The maximum Gasteiger partial charge on any atom is 0.280 e. The van der Waals surface area contributed by atoms with Gasteiger partial charge in [0.1, 0.15) is 11.3 Å². The van der Waals surface area contributed by atoms with Gasteiger partial charge >= 0.3 is 0 Å². The van der Waals surface area contributed by atoms with Crippen LogP contribution in [-0.2, 0) is 6.42 Å². The predicted molar refractivity (Wildman–Crippen MR) is 139 cm³/mol. The first-order valence-electron chi connectivity index (χ1n) is 11.6. The number of aliphatic hydroxyl groups excluding tert-OH is 1. The summed E-state index contributed by atoms with van der Waals surface area (Å²) in [6, 6.07) is 8.04.